The topological polar surface area (TPSA) is 91.1 Å². The molecule has 1 aliphatic rings. The van der Waals surface area contributed by atoms with Gasteiger partial charge in [0.05, 0.1) is 26.0 Å². The van der Waals surface area contributed by atoms with E-state index in [1.54, 1.807) is 12.1 Å². The van der Waals surface area contributed by atoms with Gasteiger partial charge in [0.1, 0.15) is 0 Å². The van der Waals surface area contributed by atoms with E-state index in [0.29, 0.717) is 30.8 Å². The van der Waals surface area contributed by atoms with Crippen LogP contribution >= 0.6 is 24.0 Å². The SMILES string of the molecule is CCNC(=NCC(C(C)C)N1CCOCC1)NCCNC(=O)c1ccco1.I. The summed E-state index contributed by atoms with van der Waals surface area (Å²) in [7, 11) is 0. The van der Waals surface area contributed by atoms with Crippen LogP contribution in [0, 0.1) is 5.92 Å². The summed E-state index contributed by atoms with van der Waals surface area (Å²) in [6.45, 7) is 12.6. The predicted octanol–water partition coefficient (Wildman–Crippen LogP) is 1.54. The molecule has 2 rings (SSSR count). The Morgan fingerprint density at radius 3 is 2.54 bits per heavy atom. The molecule has 1 aliphatic heterocycles. The van der Waals surface area contributed by atoms with E-state index in [9.17, 15) is 4.79 Å². The van der Waals surface area contributed by atoms with Crippen molar-refractivity contribution in [3.63, 3.8) is 0 Å². The zero-order valence-corrected chi connectivity index (χ0v) is 19.4. The van der Waals surface area contributed by atoms with Gasteiger partial charge in [-0.15, -0.1) is 24.0 Å². The van der Waals surface area contributed by atoms with Crippen LogP contribution in [0.2, 0.25) is 0 Å². The Kier molecular flexibility index (Phi) is 12.2. The molecule has 1 aromatic rings. The molecule has 1 unspecified atom stereocenters. The average Bonchev–Trinajstić information content (AvgIpc) is 3.20. The number of ether oxygens (including phenoxy) is 1. The molecule has 1 fully saturated rings. The Hall–Kier alpha value is -1.33. The van der Waals surface area contributed by atoms with Crippen molar-refractivity contribution in [2.24, 2.45) is 10.9 Å². The van der Waals surface area contributed by atoms with Gasteiger partial charge in [0, 0.05) is 38.8 Å². The molecule has 28 heavy (non-hydrogen) atoms. The molecule has 0 saturated carbocycles. The van der Waals surface area contributed by atoms with E-state index in [-0.39, 0.29) is 29.9 Å². The van der Waals surface area contributed by atoms with Gasteiger partial charge in [-0.1, -0.05) is 13.8 Å². The molecule has 0 bridgehead atoms. The number of rotatable bonds is 9. The average molecular weight is 507 g/mol. The van der Waals surface area contributed by atoms with E-state index in [1.165, 1.54) is 6.26 Å². The summed E-state index contributed by atoms with van der Waals surface area (Å²) in [6.07, 6.45) is 1.49. The van der Waals surface area contributed by atoms with Crippen LogP contribution < -0.4 is 16.0 Å². The summed E-state index contributed by atoms with van der Waals surface area (Å²) in [5.41, 5.74) is 0. The van der Waals surface area contributed by atoms with Gasteiger partial charge in [0.15, 0.2) is 11.7 Å². The largest absolute Gasteiger partial charge is 0.459 e. The van der Waals surface area contributed by atoms with Crippen molar-refractivity contribution in [3.8, 4) is 0 Å². The van der Waals surface area contributed by atoms with E-state index in [2.05, 4.69) is 34.7 Å². The predicted molar refractivity (Wildman–Crippen MR) is 121 cm³/mol. The van der Waals surface area contributed by atoms with Gasteiger partial charge in [-0.05, 0) is 25.0 Å². The first kappa shape index (κ1) is 24.7. The number of nitrogens with one attached hydrogen (secondary N) is 3. The van der Waals surface area contributed by atoms with Crippen molar-refractivity contribution in [1.82, 2.24) is 20.9 Å². The third-order valence-electron chi connectivity index (χ3n) is 4.51. The van der Waals surface area contributed by atoms with Crippen molar-refractivity contribution < 1.29 is 13.9 Å². The van der Waals surface area contributed by atoms with Gasteiger partial charge in [-0.2, -0.15) is 0 Å². The summed E-state index contributed by atoms with van der Waals surface area (Å²) in [6, 6.07) is 3.73. The van der Waals surface area contributed by atoms with E-state index in [0.717, 1.165) is 45.4 Å². The highest BCUT2D eigenvalue weighted by atomic mass is 127. The summed E-state index contributed by atoms with van der Waals surface area (Å²) in [5.74, 6) is 1.39. The van der Waals surface area contributed by atoms with E-state index in [1.807, 2.05) is 6.92 Å². The van der Waals surface area contributed by atoms with E-state index >= 15 is 0 Å². The number of furan rings is 1. The van der Waals surface area contributed by atoms with Crippen molar-refractivity contribution in [2.75, 3.05) is 52.5 Å². The first-order valence-corrected chi connectivity index (χ1v) is 9.77. The highest BCUT2D eigenvalue weighted by Gasteiger charge is 2.23. The first-order chi connectivity index (χ1) is 13.1. The first-order valence-electron chi connectivity index (χ1n) is 9.77. The highest BCUT2D eigenvalue weighted by Crippen LogP contribution is 2.13. The van der Waals surface area contributed by atoms with Crippen LogP contribution in [-0.2, 0) is 4.74 Å². The lowest BCUT2D eigenvalue weighted by Gasteiger charge is -2.36. The second-order valence-electron chi connectivity index (χ2n) is 6.84. The van der Waals surface area contributed by atoms with Crippen LogP contribution in [0.1, 0.15) is 31.3 Å². The molecule has 1 amide bonds. The van der Waals surface area contributed by atoms with Gasteiger partial charge in [-0.3, -0.25) is 14.7 Å². The molecule has 2 heterocycles. The quantitative estimate of drug-likeness (QED) is 0.203. The number of amides is 1. The number of hydrogen-bond acceptors (Lipinski definition) is 5. The molecule has 3 N–H and O–H groups in total. The molecule has 8 nitrogen and oxygen atoms in total. The van der Waals surface area contributed by atoms with Gasteiger partial charge in [0.2, 0.25) is 0 Å². The summed E-state index contributed by atoms with van der Waals surface area (Å²) >= 11 is 0. The molecule has 1 aromatic heterocycles. The zero-order chi connectivity index (χ0) is 19.5. The molecule has 0 aliphatic carbocycles. The maximum absolute atomic E-state index is 11.8. The number of hydrogen-bond donors (Lipinski definition) is 3. The van der Waals surface area contributed by atoms with Gasteiger partial charge in [0.25, 0.3) is 5.91 Å². The minimum absolute atomic E-state index is 0. The number of carbonyl (C=O) groups excluding carboxylic acids is 1. The fourth-order valence-corrected chi connectivity index (χ4v) is 3.04. The standard InChI is InChI=1S/C19H33N5O3.HI/c1-4-20-19(22-8-7-21-18(25)17-6-5-11-27-17)23-14-16(15(2)3)24-9-12-26-13-10-24;/h5-6,11,15-16H,4,7-10,12-14H2,1-3H3,(H,21,25)(H2,20,22,23);1H. The van der Waals surface area contributed by atoms with Crippen LogP contribution in [0.4, 0.5) is 0 Å². The van der Waals surface area contributed by atoms with Crippen molar-refractivity contribution in [3.05, 3.63) is 24.2 Å². The molecule has 9 heteroatoms. The number of halogens is 1. The Labute approximate surface area is 184 Å². The zero-order valence-electron chi connectivity index (χ0n) is 17.1. The molecular weight excluding hydrogens is 473 g/mol. The molecule has 0 radical (unpaired) electrons. The third-order valence-corrected chi connectivity index (χ3v) is 4.51. The van der Waals surface area contributed by atoms with E-state index < -0.39 is 0 Å². The molecule has 0 spiro atoms. The van der Waals surface area contributed by atoms with Crippen LogP contribution in [0.5, 0.6) is 0 Å². The Bertz CT molecular complexity index is 574. The minimum atomic E-state index is -0.212. The second kappa shape index (κ2) is 13.8. The molecule has 0 aromatic carbocycles. The lowest BCUT2D eigenvalue weighted by Crippen LogP contribution is -2.48. The molecular formula is C19H34IN5O3. The molecule has 160 valence electrons. The molecule has 1 atom stereocenters. The summed E-state index contributed by atoms with van der Waals surface area (Å²) < 4.78 is 10.5. The minimum Gasteiger partial charge on any atom is -0.459 e. The van der Waals surface area contributed by atoms with E-state index in [4.69, 9.17) is 14.1 Å². The van der Waals surface area contributed by atoms with Gasteiger partial charge >= 0.3 is 0 Å². The number of guanidine groups is 1. The fraction of sp³-hybridized carbons (Fsp3) is 0.684. The second-order valence-corrected chi connectivity index (χ2v) is 6.84. The lowest BCUT2D eigenvalue weighted by molar-refractivity contribution is 0.00867. The highest BCUT2D eigenvalue weighted by molar-refractivity contribution is 14.0. The van der Waals surface area contributed by atoms with Crippen molar-refractivity contribution in [2.45, 2.75) is 26.8 Å². The maximum atomic E-state index is 11.8. The van der Waals surface area contributed by atoms with Gasteiger partial charge in [-0.25, -0.2) is 0 Å². The Morgan fingerprint density at radius 1 is 1.21 bits per heavy atom. The van der Waals surface area contributed by atoms with Crippen LogP contribution in [0.15, 0.2) is 27.8 Å². The number of nitrogens with zero attached hydrogens (tertiary/aromatic N) is 2. The van der Waals surface area contributed by atoms with Crippen LogP contribution in [0.25, 0.3) is 0 Å². The van der Waals surface area contributed by atoms with Crippen molar-refractivity contribution >= 4 is 35.8 Å². The third kappa shape index (κ3) is 8.36. The van der Waals surface area contributed by atoms with Crippen LogP contribution in [0.3, 0.4) is 0 Å². The molecule has 1 saturated heterocycles. The Morgan fingerprint density at radius 2 is 1.93 bits per heavy atom. The summed E-state index contributed by atoms with van der Waals surface area (Å²) in [4.78, 5) is 19.1. The number of carbonyl (C=O) groups is 1. The maximum Gasteiger partial charge on any atom is 0.287 e. The monoisotopic (exact) mass is 507 g/mol. The fourth-order valence-electron chi connectivity index (χ4n) is 3.04. The van der Waals surface area contributed by atoms with Crippen LogP contribution in [-0.4, -0.2) is 75.3 Å². The summed E-state index contributed by atoms with van der Waals surface area (Å²) in [5, 5.41) is 9.35. The van der Waals surface area contributed by atoms with Crippen molar-refractivity contribution in [1.29, 1.82) is 0 Å². The number of aliphatic imine (C=N–C) groups is 1. The van der Waals surface area contributed by atoms with Gasteiger partial charge < -0.3 is 25.1 Å². The smallest absolute Gasteiger partial charge is 0.287 e. The lowest BCUT2D eigenvalue weighted by atomic mass is 10.0. The number of morpholine rings is 1. The Balaban J connectivity index is 0.00000392. The normalized spacial score (nSPS) is 16.4.